The third-order valence-electron chi connectivity index (χ3n) is 4.57. The Morgan fingerprint density at radius 2 is 1.47 bits per heavy atom. The number of benzene rings is 3. The van der Waals surface area contributed by atoms with Crippen LogP contribution in [0.3, 0.4) is 0 Å². The molecule has 0 fully saturated rings. The van der Waals surface area contributed by atoms with Gasteiger partial charge in [-0.3, -0.25) is 14.4 Å². The van der Waals surface area contributed by atoms with E-state index in [1.54, 1.807) is 30.3 Å². The fourth-order valence-electron chi connectivity index (χ4n) is 2.95. The van der Waals surface area contributed by atoms with Crippen molar-refractivity contribution < 1.29 is 18.8 Å². The first kappa shape index (κ1) is 20.9. The Bertz CT molecular complexity index is 1080. The van der Waals surface area contributed by atoms with Gasteiger partial charge in [0.1, 0.15) is 5.82 Å². The maximum atomic E-state index is 13.2. The molecule has 0 aliphatic heterocycles. The van der Waals surface area contributed by atoms with Crippen molar-refractivity contribution in [1.82, 2.24) is 4.90 Å². The van der Waals surface area contributed by atoms with Gasteiger partial charge in [-0.2, -0.15) is 0 Å². The molecule has 0 heterocycles. The average Bonchev–Trinajstić information content (AvgIpc) is 2.75. The Hall–Kier alpha value is -3.80. The molecule has 0 radical (unpaired) electrons. The zero-order valence-corrected chi connectivity index (χ0v) is 16.7. The summed E-state index contributed by atoms with van der Waals surface area (Å²) in [5, 5.41) is 2.74. The van der Waals surface area contributed by atoms with E-state index in [0.29, 0.717) is 5.69 Å². The summed E-state index contributed by atoms with van der Waals surface area (Å²) in [6.45, 7) is 1.77. The molecule has 1 N–H and O–H groups in total. The van der Waals surface area contributed by atoms with E-state index in [2.05, 4.69) is 5.32 Å². The molecule has 0 saturated heterocycles. The molecule has 3 aromatic rings. The van der Waals surface area contributed by atoms with Crippen LogP contribution in [-0.2, 0) is 4.79 Å². The summed E-state index contributed by atoms with van der Waals surface area (Å²) >= 11 is 0. The lowest BCUT2D eigenvalue weighted by atomic mass is 9.97. The first-order chi connectivity index (χ1) is 14.3. The Labute approximate surface area is 174 Å². The molecule has 0 bridgehead atoms. The predicted octanol–water partition coefficient (Wildman–Crippen LogP) is 4.08. The van der Waals surface area contributed by atoms with E-state index < -0.39 is 17.5 Å². The molecule has 6 heteroatoms. The summed E-state index contributed by atoms with van der Waals surface area (Å²) in [6.07, 6.45) is 0. The highest BCUT2D eigenvalue weighted by molar-refractivity contribution is 6.15. The number of carbonyl (C=O) groups is 3. The van der Waals surface area contributed by atoms with E-state index in [-0.39, 0.29) is 29.1 Å². The number of rotatable bonds is 6. The normalized spacial score (nSPS) is 10.4. The van der Waals surface area contributed by atoms with Crippen LogP contribution in [0.15, 0.2) is 72.8 Å². The van der Waals surface area contributed by atoms with Crippen LogP contribution in [-0.4, -0.2) is 36.1 Å². The second kappa shape index (κ2) is 9.13. The van der Waals surface area contributed by atoms with Crippen molar-refractivity contribution >= 4 is 23.3 Å². The second-order valence-electron chi connectivity index (χ2n) is 6.96. The van der Waals surface area contributed by atoms with Gasteiger partial charge in [-0.15, -0.1) is 0 Å². The highest BCUT2D eigenvalue weighted by Crippen LogP contribution is 2.17. The second-order valence-corrected chi connectivity index (χ2v) is 6.96. The minimum Gasteiger partial charge on any atom is -0.332 e. The van der Waals surface area contributed by atoms with E-state index in [4.69, 9.17) is 0 Å². The molecule has 0 spiro atoms. The number of nitrogens with zero attached hydrogens (tertiary/aromatic N) is 1. The summed E-state index contributed by atoms with van der Waals surface area (Å²) < 4.78 is 13.2. The Morgan fingerprint density at radius 1 is 0.867 bits per heavy atom. The van der Waals surface area contributed by atoms with Gasteiger partial charge < -0.3 is 10.2 Å². The first-order valence-corrected chi connectivity index (χ1v) is 9.36. The number of hydrogen-bond acceptors (Lipinski definition) is 3. The first-order valence-electron chi connectivity index (χ1n) is 9.36. The topological polar surface area (TPSA) is 66.5 Å². The summed E-state index contributed by atoms with van der Waals surface area (Å²) in [6, 6.07) is 18.8. The van der Waals surface area contributed by atoms with Gasteiger partial charge >= 0.3 is 0 Å². The minimum atomic E-state index is -0.458. The third kappa shape index (κ3) is 4.97. The molecule has 152 valence electrons. The number of likely N-dealkylation sites (N-methyl/N-ethyl adjacent to an activating group) is 1. The number of aryl methyl sites for hydroxylation is 1. The minimum absolute atomic E-state index is 0.175. The summed E-state index contributed by atoms with van der Waals surface area (Å²) in [5.74, 6) is -1.65. The van der Waals surface area contributed by atoms with E-state index >= 15 is 0 Å². The lowest BCUT2D eigenvalue weighted by molar-refractivity contribution is -0.116. The maximum absolute atomic E-state index is 13.2. The Morgan fingerprint density at radius 3 is 2.10 bits per heavy atom. The molecule has 0 atom stereocenters. The SMILES string of the molecule is Cc1ccc(NC(=O)CN(C)C(=O)c2ccccc2C(=O)c2ccc(F)cc2)cc1. The van der Waals surface area contributed by atoms with E-state index in [1.165, 1.54) is 42.3 Å². The lowest BCUT2D eigenvalue weighted by Crippen LogP contribution is -2.35. The number of halogens is 1. The standard InChI is InChI=1S/C24H21FN2O3/c1-16-7-13-19(14-8-16)26-22(28)15-27(2)24(30)21-6-4-3-5-20(21)23(29)17-9-11-18(25)12-10-17/h3-14H,15H2,1-2H3,(H,26,28). The van der Waals surface area contributed by atoms with Crippen LogP contribution in [0.4, 0.5) is 10.1 Å². The van der Waals surface area contributed by atoms with Crippen molar-refractivity contribution in [3.05, 3.63) is 101 Å². The molecule has 3 aromatic carbocycles. The van der Waals surface area contributed by atoms with Gasteiger partial charge in [0.15, 0.2) is 5.78 Å². The Kier molecular flexibility index (Phi) is 6.37. The fourth-order valence-corrected chi connectivity index (χ4v) is 2.95. The van der Waals surface area contributed by atoms with Gasteiger partial charge in [-0.25, -0.2) is 4.39 Å². The smallest absolute Gasteiger partial charge is 0.254 e. The molecular weight excluding hydrogens is 383 g/mol. The van der Waals surface area contributed by atoms with E-state index in [1.807, 2.05) is 19.1 Å². The number of anilines is 1. The molecular formula is C24H21FN2O3. The van der Waals surface area contributed by atoms with Crippen molar-refractivity contribution in [2.45, 2.75) is 6.92 Å². The third-order valence-corrected chi connectivity index (χ3v) is 4.57. The number of nitrogens with one attached hydrogen (secondary N) is 1. The highest BCUT2D eigenvalue weighted by atomic mass is 19.1. The van der Waals surface area contributed by atoms with Crippen molar-refractivity contribution in [3.63, 3.8) is 0 Å². The summed E-state index contributed by atoms with van der Waals surface area (Å²) in [4.78, 5) is 39.3. The summed E-state index contributed by atoms with van der Waals surface area (Å²) in [5.41, 5.74) is 2.36. The number of carbonyl (C=O) groups excluding carboxylic acids is 3. The van der Waals surface area contributed by atoms with Gasteiger partial charge in [-0.1, -0.05) is 35.9 Å². The molecule has 0 saturated carbocycles. The molecule has 0 aromatic heterocycles. The summed E-state index contributed by atoms with van der Waals surface area (Å²) in [7, 11) is 1.50. The van der Waals surface area contributed by atoms with Crippen LogP contribution in [0.25, 0.3) is 0 Å². The van der Waals surface area contributed by atoms with Crippen LogP contribution in [0.5, 0.6) is 0 Å². The fraction of sp³-hybridized carbons (Fsp3) is 0.125. The molecule has 2 amide bonds. The van der Waals surface area contributed by atoms with Crippen molar-refractivity contribution in [1.29, 1.82) is 0 Å². The van der Waals surface area contributed by atoms with Crippen molar-refractivity contribution in [3.8, 4) is 0 Å². The number of hydrogen-bond donors (Lipinski definition) is 1. The van der Waals surface area contributed by atoms with Crippen molar-refractivity contribution in [2.75, 3.05) is 18.9 Å². The average molecular weight is 404 g/mol. The molecule has 0 aliphatic carbocycles. The maximum Gasteiger partial charge on any atom is 0.254 e. The van der Waals surface area contributed by atoms with Gasteiger partial charge in [0.25, 0.3) is 5.91 Å². The lowest BCUT2D eigenvalue weighted by Gasteiger charge is -2.18. The molecule has 30 heavy (non-hydrogen) atoms. The van der Waals surface area contributed by atoms with Crippen LogP contribution in [0.1, 0.15) is 31.8 Å². The van der Waals surface area contributed by atoms with Crippen LogP contribution in [0, 0.1) is 12.7 Å². The van der Waals surface area contributed by atoms with Crippen LogP contribution >= 0.6 is 0 Å². The largest absolute Gasteiger partial charge is 0.332 e. The van der Waals surface area contributed by atoms with Gasteiger partial charge in [0.05, 0.1) is 12.1 Å². The molecule has 0 aliphatic rings. The van der Waals surface area contributed by atoms with Gasteiger partial charge in [-0.05, 0) is 49.4 Å². The van der Waals surface area contributed by atoms with Crippen molar-refractivity contribution in [2.24, 2.45) is 0 Å². The quantitative estimate of drug-likeness (QED) is 0.630. The highest BCUT2D eigenvalue weighted by Gasteiger charge is 2.22. The monoisotopic (exact) mass is 404 g/mol. The van der Waals surface area contributed by atoms with E-state index in [0.717, 1.165) is 5.56 Å². The van der Waals surface area contributed by atoms with E-state index in [9.17, 15) is 18.8 Å². The zero-order valence-electron chi connectivity index (χ0n) is 16.7. The molecule has 0 unspecified atom stereocenters. The number of amides is 2. The Balaban J connectivity index is 1.74. The van der Waals surface area contributed by atoms with Crippen LogP contribution in [0.2, 0.25) is 0 Å². The predicted molar refractivity (Wildman–Crippen MR) is 113 cm³/mol. The van der Waals surface area contributed by atoms with Gasteiger partial charge in [0.2, 0.25) is 5.91 Å². The van der Waals surface area contributed by atoms with Crippen LogP contribution < -0.4 is 5.32 Å². The molecule has 5 nitrogen and oxygen atoms in total. The van der Waals surface area contributed by atoms with Gasteiger partial charge in [0, 0.05) is 23.9 Å². The number of ketones is 1. The zero-order chi connectivity index (χ0) is 21.7. The molecule has 3 rings (SSSR count).